The van der Waals surface area contributed by atoms with Crippen LogP contribution in [-0.4, -0.2) is 24.4 Å². The number of alkyl halides is 1. The Labute approximate surface area is 112 Å². The molecule has 0 aliphatic heterocycles. The van der Waals surface area contributed by atoms with E-state index in [9.17, 15) is 9.59 Å². The van der Waals surface area contributed by atoms with Crippen LogP contribution in [0.5, 0.6) is 0 Å². The minimum atomic E-state index is -0.415. The van der Waals surface area contributed by atoms with E-state index in [4.69, 9.17) is 11.6 Å². The zero-order valence-electron chi connectivity index (χ0n) is 10.6. The summed E-state index contributed by atoms with van der Waals surface area (Å²) in [7, 11) is 0. The molecule has 0 unspecified atom stereocenters. The van der Waals surface area contributed by atoms with Crippen molar-refractivity contribution in [3.8, 4) is 0 Å². The standard InChI is InChI=1S/C13H17ClN2O2/c1-3-16(11-7-5-4-6-10(11)2)13(18)15-12(17)8-9-14/h4-7H,3,8-9H2,1-2H3,(H,15,17,18). The molecule has 1 N–H and O–H groups in total. The van der Waals surface area contributed by atoms with Gasteiger partial charge in [0.05, 0.1) is 0 Å². The summed E-state index contributed by atoms with van der Waals surface area (Å²) in [5, 5.41) is 2.32. The predicted molar refractivity (Wildman–Crippen MR) is 73.1 cm³/mol. The average molecular weight is 269 g/mol. The molecule has 0 aromatic heterocycles. The summed E-state index contributed by atoms with van der Waals surface area (Å²) >= 11 is 5.45. The van der Waals surface area contributed by atoms with Crippen LogP contribution in [0.15, 0.2) is 24.3 Å². The fraction of sp³-hybridized carbons (Fsp3) is 0.385. The Balaban J connectivity index is 2.81. The Morgan fingerprint density at radius 1 is 1.33 bits per heavy atom. The number of nitrogens with one attached hydrogen (secondary N) is 1. The number of hydrogen-bond donors (Lipinski definition) is 1. The lowest BCUT2D eigenvalue weighted by molar-refractivity contribution is -0.119. The number of halogens is 1. The average Bonchev–Trinajstić information content (AvgIpc) is 2.32. The number of carbonyl (C=O) groups is 2. The van der Waals surface area contributed by atoms with Gasteiger partial charge in [0.1, 0.15) is 0 Å². The molecular formula is C13H17ClN2O2. The van der Waals surface area contributed by atoms with E-state index < -0.39 is 6.03 Å². The van der Waals surface area contributed by atoms with Crippen LogP contribution in [0.2, 0.25) is 0 Å². The molecule has 98 valence electrons. The number of imide groups is 1. The van der Waals surface area contributed by atoms with Crippen molar-refractivity contribution in [3.05, 3.63) is 29.8 Å². The van der Waals surface area contributed by atoms with E-state index in [1.54, 1.807) is 0 Å². The first-order valence-corrected chi connectivity index (χ1v) is 6.36. The van der Waals surface area contributed by atoms with Crippen LogP contribution in [0.3, 0.4) is 0 Å². The third-order valence-corrected chi connectivity index (χ3v) is 2.72. The van der Waals surface area contributed by atoms with Gasteiger partial charge in [-0.15, -0.1) is 11.6 Å². The fourth-order valence-corrected chi connectivity index (χ4v) is 1.80. The monoisotopic (exact) mass is 268 g/mol. The lowest BCUT2D eigenvalue weighted by atomic mass is 10.2. The summed E-state index contributed by atoms with van der Waals surface area (Å²) in [6.45, 7) is 4.27. The van der Waals surface area contributed by atoms with Crippen molar-refractivity contribution in [3.63, 3.8) is 0 Å². The number of nitrogens with zero attached hydrogens (tertiary/aromatic N) is 1. The highest BCUT2D eigenvalue weighted by Crippen LogP contribution is 2.19. The highest BCUT2D eigenvalue weighted by molar-refractivity contribution is 6.19. The van der Waals surface area contributed by atoms with E-state index in [1.165, 1.54) is 4.90 Å². The van der Waals surface area contributed by atoms with Gasteiger partial charge >= 0.3 is 6.03 Å². The molecule has 3 amide bonds. The topological polar surface area (TPSA) is 49.4 Å². The number of amides is 3. The van der Waals surface area contributed by atoms with Crippen LogP contribution in [0.25, 0.3) is 0 Å². The van der Waals surface area contributed by atoms with Crippen LogP contribution >= 0.6 is 11.6 Å². The normalized spacial score (nSPS) is 9.94. The first kappa shape index (κ1) is 14.5. The van der Waals surface area contributed by atoms with Crippen LogP contribution in [0.4, 0.5) is 10.5 Å². The lowest BCUT2D eigenvalue weighted by Gasteiger charge is -2.22. The van der Waals surface area contributed by atoms with Crippen LogP contribution in [-0.2, 0) is 4.79 Å². The Morgan fingerprint density at radius 2 is 2.00 bits per heavy atom. The maximum Gasteiger partial charge on any atom is 0.328 e. The minimum absolute atomic E-state index is 0.138. The maximum absolute atomic E-state index is 12.0. The van der Waals surface area contributed by atoms with Crippen molar-refractivity contribution in [1.82, 2.24) is 5.32 Å². The van der Waals surface area contributed by atoms with Gasteiger partial charge in [-0.05, 0) is 25.5 Å². The zero-order valence-corrected chi connectivity index (χ0v) is 11.3. The summed E-state index contributed by atoms with van der Waals surface area (Å²) in [6, 6.07) is 7.13. The summed E-state index contributed by atoms with van der Waals surface area (Å²) in [5.74, 6) is -0.155. The van der Waals surface area contributed by atoms with Crippen LogP contribution in [0.1, 0.15) is 18.9 Å². The number of hydrogen-bond acceptors (Lipinski definition) is 2. The molecule has 0 aliphatic carbocycles. The highest BCUT2D eigenvalue weighted by atomic mass is 35.5. The quantitative estimate of drug-likeness (QED) is 0.854. The molecule has 1 aromatic rings. The Morgan fingerprint density at radius 3 is 2.56 bits per heavy atom. The number of rotatable bonds is 4. The van der Waals surface area contributed by atoms with Gasteiger partial charge in [-0.3, -0.25) is 15.0 Å². The molecule has 0 aliphatic rings. The first-order valence-electron chi connectivity index (χ1n) is 5.83. The molecule has 0 bridgehead atoms. The van der Waals surface area contributed by atoms with Crippen LogP contribution < -0.4 is 10.2 Å². The van der Waals surface area contributed by atoms with Gasteiger partial charge in [0.15, 0.2) is 0 Å². The van der Waals surface area contributed by atoms with Crippen molar-refractivity contribution >= 4 is 29.2 Å². The summed E-state index contributed by atoms with van der Waals surface area (Å²) < 4.78 is 0. The number of carbonyl (C=O) groups excluding carboxylic acids is 2. The van der Waals surface area contributed by atoms with Crippen LogP contribution in [0, 0.1) is 6.92 Å². The number of anilines is 1. The summed E-state index contributed by atoms with van der Waals surface area (Å²) in [4.78, 5) is 24.8. The molecule has 5 heteroatoms. The number of benzene rings is 1. The van der Waals surface area contributed by atoms with E-state index >= 15 is 0 Å². The van der Waals surface area contributed by atoms with E-state index in [0.717, 1.165) is 11.3 Å². The largest absolute Gasteiger partial charge is 0.328 e. The number of aryl methyl sites for hydroxylation is 1. The van der Waals surface area contributed by atoms with Gasteiger partial charge in [0, 0.05) is 24.5 Å². The van der Waals surface area contributed by atoms with Gasteiger partial charge in [0.2, 0.25) is 5.91 Å². The second-order valence-electron chi connectivity index (χ2n) is 3.82. The molecule has 0 atom stereocenters. The third-order valence-electron chi connectivity index (χ3n) is 2.54. The SMILES string of the molecule is CCN(C(=O)NC(=O)CCCl)c1ccccc1C. The Bertz CT molecular complexity index is 435. The smallest absolute Gasteiger partial charge is 0.294 e. The molecule has 4 nitrogen and oxygen atoms in total. The van der Waals surface area contributed by atoms with E-state index in [2.05, 4.69) is 5.32 Å². The van der Waals surface area contributed by atoms with E-state index in [-0.39, 0.29) is 18.2 Å². The first-order chi connectivity index (χ1) is 8.60. The molecule has 18 heavy (non-hydrogen) atoms. The van der Waals surface area contributed by atoms with Gasteiger partial charge in [-0.25, -0.2) is 4.79 Å². The molecule has 0 radical (unpaired) electrons. The molecule has 0 saturated heterocycles. The molecule has 0 saturated carbocycles. The van der Waals surface area contributed by atoms with Gasteiger partial charge in [-0.2, -0.15) is 0 Å². The molecule has 1 aromatic carbocycles. The number of urea groups is 1. The highest BCUT2D eigenvalue weighted by Gasteiger charge is 2.17. The van der Waals surface area contributed by atoms with Crippen molar-refractivity contribution < 1.29 is 9.59 Å². The zero-order chi connectivity index (χ0) is 13.5. The van der Waals surface area contributed by atoms with Gasteiger partial charge in [0.25, 0.3) is 0 Å². The second-order valence-corrected chi connectivity index (χ2v) is 4.20. The fourth-order valence-electron chi connectivity index (χ4n) is 1.62. The van der Waals surface area contributed by atoms with Crippen molar-refractivity contribution in [2.75, 3.05) is 17.3 Å². The van der Waals surface area contributed by atoms with Gasteiger partial charge < -0.3 is 0 Å². The molecular weight excluding hydrogens is 252 g/mol. The molecule has 0 spiro atoms. The Hall–Kier alpha value is -1.55. The molecule has 0 heterocycles. The van der Waals surface area contributed by atoms with Crippen molar-refractivity contribution in [2.45, 2.75) is 20.3 Å². The second kappa shape index (κ2) is 7.01. The third kappa shape index (κ3) is 3.74. The van der Waals surface area contributed by atoms with E-state index in [1.807, 2.05) is 38.1 Å². The number of para-hydroxylation sites is 1. The minimum Gasteiger partial charge on any atom is -0.294 e. The molecule has 1 rings (SSSR count). The Kier molecular flexibility index (Phi) is 5.65. The maximum atomic E-state index is 12.0. The van der Waals surface area contributed by atoms with Crippen molar-refractivity contribution in [2.24, 2.45) is 0 Å². The summed E-state index contributed by atoms with van der Waals surface area (Å²) in [5.41, 5.74) is 1.79. The predicted octanol–water partition coefficient (Wildman–Crippen LogP) is 2.69. The lowest BCUT2D eigenvalue weighted by Crippen LogP contribution is -2.43. The summed E-state index contributed by atoms with van der Waals surface area (Å²) in [6.07, 6.45) is 0.138. The van der Waals surface area contributed by atoms with E-state index in [0.29, 0.717) is 6.54 Å². The van der Waals surface area contributed by atoms with Gasteiger partial charge in [-0.1, -0.05) is 18.2 Å². The molecule has 0 fully saturated rings. The van der Waals surface area contributed by atoms with Crippen molar-refractivity contribution in [1.29, 1.82) is 0 Å².